The van der Waals surface area contributed by atoms with Crippen molar-refractivity contribution in [1.29, 1.82) is 0 Å². The molecule has 0 spiro atoms. The summed E-state index contributed by atoms with van der Waals surface area (Å²) in [5, 5.41) is 3.82. The molecule has 2 aliphatic rings. The molecule has 4 rings (SSSR count). The van der Waals surface area contributed by atoms with Crippen LogP contribution >= 0.6 is 11.6 Å². The predicted molar refractivity (Wildman–Crippen MR) is 137 cm³/mol. The summed E-state index contributed by atoms with van der Waals surface area (Å²) < 4.78 is 14.9. The van der Waals surface area contributed by atoms with Crippen molar-refractivity contribution >= 4 is 23.2 Å². The Kier molecular flexibility index (Phi) is 7.51. The molecule has 184 valence electrons. The zero-order chi connectivity index (χ0) is 24.5. The highest BCUT2D eigenvalue weighted by molar-refractivity contribution is 6.30. The lowest BCUT2D eigenvalue weighted by Gasteiger charge is -2.44. The Morgan fingerprint density at radius 2 is 1.85 bits per heavy atom. The minimum atomic E-state index is -0.456. The third-order valence-electron chi connectivity index (χ3n) is 6.92. The number of hydrogen-bond acceptors (Lipinski definition) is 4. The fourth-order valence-corrected chi connectivity index (χ4v) is 5.09. The largest absolute Gasteiger partial charge is 0.359 e. The number of anilines is 1. The molecular weight excluding hydrogens is 451 g/mol. The van der Waals surface area contributed by atoms with Gasteiger partial charge in [0.05, 0.1) is 11.7 Å². The lowest BCUT2D eigenvalue weighted by Crippen LogP contribution is -2.53. The van der Waals surface area contributed by atoms with Gasteiger partial charge in [-0.2, -0.15) is 0 Å². The van der Waals surface area contributed by atoms with E-state index in [0.717, 1.165) is 31.7 Å². The number of carbonyl (C=O) groups is 1. The maximum absolute atomic E-state index is 14.9. The molecule has 0 aromatic heterocycles. The summed E-state index contributed by atoms with van der Waals surface area (Å²) in [7, 11) is 0. The molecule has 2 heterocycles. The lowest BCUT2D eigenvalue weighted by atomic mass is 9.92. The number of halogens is 2. The SMILES string of the molecule is C[C@@H]1CNCCN1Cc1ccc([C@@H]2CN(C(=O)C(C)(C)C)CCN2c2ccc(Cl)cc2F)cc1. The van der Waals surface area contributed by atoms with Gasteiger partial charge in [-0.25, -0.2) is 4.39 Å². The summed E-state index contributed by atoms with van der Waals surface area (Å²) in [4.78, 5) is 19.6. The van der Waals surface area contributed by atoms with Crippen LogP contribution in [0.3, 0.4) is 0 Å². The monoisotopic (exact) mass is 486 g/mol. The average Bonchev–Trinajstić information content (AvgIpc) is 2.80. The van der Waals surface area contributed by atoms with E-state index in [0.29, 0.717) is 36.4 Å². The standard InChI is InChI=1S/C27H36ClFN4O/c1-19-16-30-11-12-31(19)17-20-5-7-21(8-6-20)25-18-32(26(34)27(2,3)4)13-14-33(25)24-10-9-22(28)15-23(24)29/h5-10,15,19,25,30H,11-14,16-18H2,1-4H3/t19-,25+/m1/s1. The number of piperazine rings is 2. The Morgan fingerprint density at radius 3 is 2.50 bits per heavy atom. The normalized spacial score (nSPS) is 22.2. The molecule has 2 saturated heterocycles. The molecule has 0 bridgehead atoms. The zero-order valence-corrected chi connectivity index (χ0v) is 21.4. The van der Waals surface area contributed by atoms with E-state index in [-0.39, 0.29) is 17.8 Å². The molecule has 7 heteroatoms. The number of rotatable bonds is 4. The molecule has 1 amide bonds. The minimum Gasteiger partial charge on any atom is -0.359 e. The van der Waals surface area contributed by atoms with Gasteiger partial charge in [-0.1, -0.05) is 56.6 Å². The number of nitrogens with one attached hydrogen (secondary N) is 1. The second kappa shape index (κ2) is 10.2. The highest BCUT2D eigenvalue weighted by Crippen LogP contribution is 2.35. The molecule has 2 aromatic rings. The number of nitrogens with zero attached hydrogens (tertiary/aromatic N) is 3. The smallest absolute Gasteiger partial charge is 0.228 e. The highest BCUT2D eigenvalue weighted by atomic mass is 35.5. The lowest BCUT2D eigenvalue weighted by molar-refractivity contribution is -0.140. The van der Waals surface area contributed by atoms with Crippen molar-refractivity contribution in [2.45, 2.75) is 46.3 Å². The van der Waals surface area contributed by atoms with Crippen molar-refractivity contribution in [3.05, 3.63) is 64.4 Å². The van der Waals surface area contributed by atoms with E-state index >= 15 is 0 Å². The van der Waals surface area contributed by atoms with Crippen LogP contribution in [0.25, 0.3) is 0 Å². The number of hydrogen-bond donors (Lipinski definition) is 1. The summed E-state index contributed by atoms with van der Waals surface area (Å²) in [5.41, 5.74) is 2.41. The molecule has 0 radical (unpaired) electrons. The van der Waals surface area contributed by atoms with E-state index in [2.05, 4.69) is 46.3 Å². The topological polar surface area (TPSA) is 38.8 Å². The van der Waals surface area contributed by atoms with Crippen LogP contribution in [0.1, 0.15) is 44.9 Å². The van der Waals surface area contributed by atoms with E-state index < -0.39 is 5.41 Å². The summed E-state index contributed by atoms with van der Waals surface area (Å²) in [6, 6.07) is 13.8. The van der Waals surface area contributed by atoms with E-state index in [1.54, 1.807) is 12.1 Å². The van der Waals surface area contributed by atoms with Crippen molar-refractivity contribution in [1.82, 2.24) is 15.1 Å². The molecule has 2 aliphatic heterocycles. The first kappa shape index (κ1) is 25.0. The van der Waals surface area contributed by atoms with Gasteiger partial charge in [0.25, 0.3) is 0 Å². The van der Waals surface area contributed by atoms with Crippen molar-refractivity contribution in [3.8, 4) is 0 Å². The van der Waals surface area contributed by atoms with Crippen molar-refractivity contribution in [2.24, 2.45) is 5.41 Å². The molecular formula is C27H36ClFN4O. The van der Waals surface area contributed by atoms with Crippen LogP contribution < -0.4 is 10.2 Å². The van der Waals surface area contributed by atoms with Gasteiger partial charge < -0.3 is 15.1 Å². The van der Waals surface area contributed by atoms with Crippen LogP contribution in [0.4, 0.5) is 10.1 Å². The summed E-state index contributed by atoms with van der Waals surface area (Å²) in [6.07, 6.45) is 0. The summed E-state index contributed by atoms with van der Waals surface area (Å²) >= 11 is 6.01. The fraction of sp³-hybridized carbons (Fsp3) is 0.519. The first-order valence-electron chi connectivity index (χ1n) is 12.2. The van der Waals surface area contributed by atoms with Gasteiger partial charge in [0.1, 0.15) is 5.82 Å². The van der Waals surface area contributed by atoms with E-state index in [9.17, 15) is 9.18 Å². The van der Waals surface area contributed by atoms with Crippen LogP contribution in [-0.4, -0.2) is 61.0 Å². The van der Waals surface area contributed by atoms with E-state index in [1.165, 1.54) is 11.6 Å². The fourth-order valence-electron chi connectivity index (χ4n) is 4.93. The summed E-state index contributed by atoms with van der Waals surface area (Å²) in [5.74, 6) is -0.213. The summed E-state index contributed by atoms with van der Waals surface area (Å²) in [6.45, 7) is 13.7. The predicted octanol–water partition coefficient (Wildman–Crippen LogP) is 4.71. The first-order valence-corrected chi connectivity index (χ1v) is 12.6. The van der Waals surface area contributed by atoms with Gasteiger partial charge >= 0.3 is 0 Å². The van der Waals surface area contributed by atoms with Crippen molar-refractivity contribution < 1.29 is 9.18 Å². The third-order valence-corrected chi connectivity index (χ3v) is 7.15. The molecule has 0 aliphatic carbocycles. The molecule has 0 saturated carbocycles. The Bertz CT molecular complexity index is 1010. The Balaban J connectivity index is 1.60. The van der Waals surface area contributed by atoms with Gasteiger partial charge in [0.15, 0.2) is 0 Å². The molecule has 1 N–H and O–H groups in total. The number of carbonyl (C=O) groups excluding carboxylic acids is 1. The molecule has 5 nitrogen and oxygen atoms in total. The maximum Gasteiger partial charge on any atom is 0.228 e. The van der Waals surface area contributed by atoms with Gasteiger partial charge in [-0.15, -0.1) is 0 Å². The number of benzene rings is 2. The number of amides is 1. The maximum atomic E-state index is 14.9. The third kappa shape index (κ3) is 5.56. The Hall–Kier alpha value is -2.15. The molecule has 2 aromatic carbocycles. The van der Waals surface area contributed by atoms with E-state index in [4.69, 9.17) is 11.6 Å². The van der Waals surface area contributed by atoms with Gasteiger partial charge in [-0.05, 0) is 36.2 Å². The van der Waals surface area contributed by atoms with Crippen LogP contribution in [0.2, 0.25) is 5.02 Å². The van der Waals surface area contributed by atoms with Crippen LogP contribution in [0, 0.1) is 11.2 Å². The van der Waals surface area contributed by atoms with Crippen LogP contribution in [-0.2, 0) is 11.3 Å². The van der Waals surface area contributed by atoms with Crippen molar-refractivity contribution in [2.75, 3.05) is 44.2 Å². The second-order valence-electron chi connectivity index (χ2n) is 10.6. The van der Waals surface area contributed by atoms with Crippen LogP contribution in [0.5, 0.6) is 0 Å². The van der Waals surface area contributed by atoms with Gasteiger partial charge in [-0.3, -0.25) is 9.69 Å². The molecule has 2 fully saturated rings. The molecule has 2 atom stereocenters. The molecule has 0 unspecified atom stereocenters. The van der Waals surface area contributed by atoms with E-state index in [1.807, 2.05) is 25.7 Å². The minimum absolute atomic E-state index is 0.123. The average molecular weight is 487 g/mol. The first-order chi connectivity index (χ1) is 16.1. The zero-order valence-electron chi connectivity index (χ0n) is 20.7. The quantitative estimate of drug-likeness (QED) is 0.679. The van der Waals surface area contributed by atoms with Gasteiger partial charge in [0, 0.05) is 62.3 Å². The van der Waals surface area contributed by atoms with Crippen LogP contribution in [0.15, 0.2) is 42.5 Å². The Labute approximate surface area is 207 Å². The Morgan fingerprint density at radius 1 is 1.12 bits per heavy atom. The molecule has 34 heavy (non-hydrogen) atoms. The van der Waals surface area contributed by atoms with Gasteiger partial charge in [0.2, 0.25) is 5.91 Å². The second-order valence-corrected chi connectivity index (χ2v) is 11.0. The van der Waals surface area contributed by atoms with Crippen molar-refractivity contribution in [3.63, 3.8) is 0 Å². The highest BCUT2D eigenvalue weighted by Gasteiger charge is 2.35.